The quantitative estimate of drug-likeness (QED) is 0.645. The van der Waals surface area contributed by atoms with E-state index in [9.17, 15) is 4.39 Å². The maximum atomic E-state index is 13.4. The molecule has 0 atom stereocenters. The molecule has 0 radical (unpaired) electrons. The number of halogens is 2. The first kappa shape index (κ1) is 9.92. The summed E-state index contributed by atoms with van der Waals surface area (Å²) in [6.07, 6.45) is 0. The van der Waals surface area contributed by atoms with E-state index in [0.29, 0.717) is 6.54 Å². The normalized spacial score (nSPS) is 10.1. The topological polar surface area (TPSA) is 64.1 Å². The van der Waals surface area contributed by atoms with E-state index in [4.69, 9.17) is 23.1 Å². The Bertz CT molecular complexity index is 328. The minimum Gasteiger partial charge on any atom is -0.397 e. The molecule has 0 saturated heterocycles. The zero-order chi connectivity index (χ0) is 10.0. The van der Waals surface area contributed by atoms with Gasteiger partial charge in [0.15, 0.2) is 5.82 Å². The van der Waals surface area contributed by atoms with Crippen molar-refractivity contribution >= 4 is 28.7 Å². The summed E-state index contributed by atoms with van der Waals surface area (Å²) in [6, 6.07) is 1.43. The Labute approximate surface area is 80.9 Å². The van der Waals surface area contributed by atoms with Crippen LogP contribution in [-0.4, -0.2) is 6.54 Å². The lowest BCUT2D eigenvalue weighted by atomic mass is 10.2. The highest BCUT2D eigenvalue weighted by atomic mass is 35.5. The summed E-state index contributed by atoms with van der Waals surface area (Å²) in [5.74, 6) is -0.596. The van der Waals surface area contributed by atoms with Gasteiger partial charge in [-0.05, 0) is 13.0 Å². The molecule has 0 aromatic heterocycles. The molecule has 0 fully saturated rings. The number of anilines is 3. The molecular weight excluding hydrogens is 193 g/mol. The van der Waals surface area contributed by atoms with E-state index in [1.54, 1.807) is 0 Å². The van der Waals surface area contributed by atoms with Crippen LogP contribution in [0.4, 0.5) is 21.5 Å². The van der Waals surface area contributed by atoms with Crippen LogP contribution in [0.15, 0.2) is 6.07 Å². The highest BCUT2D eigenvalue weighted by molar-refractivity contribution is 6.33. The molecule has 0 unspecified atom stereocenters. The Hall–Kier alpha value is -1.16. The van der Waals surface area contributed by atoms with Gasteiger partial charge in [-0.25, -0.2) is 4.39 Å². The van der Waals surface area contributed by atoms with Gasteiger partial charge in [0, 0.05) is 6.54 Å². The van der Waals surface area contributed by atoms with E-state index in [0.717, 1.165) is 0 Å². The number of hydrogen-bond acceptors (Lipinski definition) is 3. The second-order valence-corrected chi connectivity index (χ2v) is 2.97. The van der Waals surface area contributed by atoms with Gasteiger partial charge in [0.05, 0.1) is 17.1 Å². The van der Waals surface area contributed by atoms with Crippen molar-refractivity contribution in [3.63, 3.8) is 0 Å². The van der Waals surface area contributed by atoms with Crippen molar-refractivity contribution in [2.45, 2.75) is 6.92 Å². The molecule has 0 heterocycles. The predicted molar refractivity (Wildman–Crippen MR) is 54.4 cm³/mol. The lowest BCUT2D eigenvalue weighted by Crippen LogP contribution is -2.05. The van der Waals surface area contributed by atoms with Crippen molar-refractivity contribution in [1.82, 2.24) is 0 Å². The molecule has 0 aliphatic heterocycles. The van der Waals surface area contributed by atoms with Crippen LogP contribution in [0, 0.1) is 5.82 Å². The van der Waals surface area contributed by atoms with Gasteiger partial charge in [0.25, 0.3) is 0 Å². The Morgan fingerprint density at radius 3 is 2.62 bits per heavy atom. The molecule has 0 saturated carbocycles. The Morgan fingerprint density at radius 2 is 2.08 bits per heavy atom. The monoisotopic (exact) mass is 203 g/mol. The molecule has 13 heavy (non-hydrogen) atoms. The lowest BCUT2D eigenvalue weighted by molar-refractivity contribution is 0.632. The predicted octanol–water partition coefficient (Wildman–Crippen LogP) is 2.08. The van der Waals surface area contributed by atoms with Crippen molar-refractivity contribution in [2.24, 2.45) is 0 Å². The lowest BCUT2D eigenvalue weighted by Gasteiger charge is -2.10. The van der Waals surface area contributed by atoms with Gasteiger partial charge in [-0.2, -0.15) is 0 Å². The van der Waals surface area contributed by atoms with Crippen molar-refractivity contribution in [1.29, 1.82) is 0 Å². The summed E-state index contributed by atoms with van der Waals surface area (Å²) in [7, 11) is 0. The van der Waals surface area contributed by atoms with Crippen LogP contribution in [0.3, 0.4) is 0 Å². The average molecular weight is 204 g/mol. The van der Waals surface area contributed by atoms with Gasteiger partial charge in [-0.3, -0.25) is 0 Å². The minimum absolute atomic E-state index is 0.0925. The summed E-state index contributed by atoms with van der Waals surface area (Å²) in [5.41, 5.74) is 11.6. The average Bonchev–Trinajstić information content (AvgIpc) is 2.09. The number of benzene rings is 1. The summed E-state index contributed by atoms with van der Waals surface area (Å²) < 4.78 is 13.4. The molecule has 72 valence electrons. The molecule has 0 aliphatic carbocycles. The first-order valence-corrected chi connectivity index (χ1v) is 4.22. The number of nitrogens with two attached hydrogens (primary N) is 2. The molecule has 1 aromatic rings. The first-order valence-electron chi connectivity index (χ1n) is 3.84. The van der Waals surface area contributed by atoms with Gasteiger partial charge in [-0.1, -0.05) is 11.6 Å². The highest BCUT2D eigenvalue weighted by Gasteiger charge is 2.12. The fourth-order valence-electron chi connectivity index (χ4n) is 1.02. The second kappa shape index (κ2) is 3.70. The van der Waals surface area contributed by atoms with E-state index in [1.165, 1.54) is 6.07 Å². The fourth-order valence-corrected chi connectivity index (χ4v) is 1.17. The van der Waals surface area contributed by atoms with Gasteiger partial charge in [0.1, 0.15) is 5.02 Å². The summed E-state index contributed by atoms with van der Waals surface area (Å²) >= 11 is 5.59. The number of hydrogen-bond donors (Lipinski definition) is 3. The van der Waals surface area contributed by atoms with Crippen LogP contribution in [0.5, 0.6) is 0 Å². The highest BCUT2D eigenvalue weighted by Crippen LogP contribution is 2.33. The molecule has 5 N–H and O–H groups in total. The van der Waals surface area contributed by atoms with Crippen LogP contribution in [0.25, 0.3) is 0 Å². The molecule has 3 nitrogen and oxygen atoms in total. The van der Waals surface area contributed by atoms with Gasteiger partial charge >= 0.3 is 0 Å². The Morgan fingerprint density at radius 1 is 1.46 bits per heavy atom. The summed E-state index contributed by atoms with van der Waals surface area (Å²) in [4.78, 5) is 0. The van der Waals surface area contributed by atoms with Crippen LogP contribution in [0.2, 0.25) is 5.02 Å². The summed E-state index contributed by atoms with van der Waals surface area (Å²) in [6.45, 7) is 2.41. The van der Waals surface area contributed by atoms with Crippen molar-refractivity contribution in [3.8, 4) is 0 Å². The van der Waals surface area contributed by atoms with E-state index >= 15 is 0 Å². The van der Waals surface area contributed by atoms with E-state index in [1.807, 2.05) is 6.92 Å². The number of nitrogens with one attached hydrogen (secondary N) is 1. The fraction of sp³-hybridized carbons (Fsp3) is 0.250. The maximum Gasteiger partial charge on any atom is 0.169 e. The third-order valence-corrected chi connectivity index (χ3v) is 2.00. The zero-order valence-corrected chi connectivity index (χ0v) is 7.95. The minimum atomic E-state index is -0.596. The van der Waals surface area contributed by atoms with Crippen molar-refractivity contribution in [3.05, 3.63) is 16.9 Å². The van der Waals surface area contributed by atoms with Gasteiger partial charge in [-0.15, -0.1) is 0 Å². The third kappa shape index (κ3) is 1.78. The molecule has 1 aromatic carbocycles. The van der Waals surface area contributed by atoms with Gasteiger partial charge < -0.3 is 16.8 Å². The van der Waals surface area contributed by atoms with Crippen molar-refractivity contribution in [2.75, 3.05) is 23.3 Å². The molecule has 1 rings (SSSR count). The van der Waals surface area contributed by atoms with Crippen LogP contribution >= 0.6 is 11.6 Å². The van der Waals surface area contributed by atoms with Gasteiger partial charge in [0.2, 0.25) is 0 Å². The standard InChI is InChI=1S/C8H11ClFN3/c1-2-13-8-5(12)3-4(11)6(9)7(8)10/h3,13H,2,11-12H2,1H3. The SMILES string of the molecule is CCNc1c(N)cc(N)c(Cl)c1F. The Balaban J connectivity index is 3.26. The molecule has 0 amide bonds. The van der Waals surface area contributed by atoms with Crippen LogP contribution in [-0.2, 0) is 0 Å². The van der Waals surface area contributed by atoms with Crippen LogP contribution < -0.4 is 16.8 Å². The number of rotatable bonds is 2. The van der Waals surface area contributed by atoms with Crippen molar-refractivity contribution < 1.29 is 4.39 Å². The van der Waals surface area contributed by atoms with E-state index < -0.39 is 5.82 Å². The first-order chi connectivity index (χ1) is 6.07. The number of nitrogen functional groups attached to an aromatic ring is 2. The molecule has 0 bridgehead atoms. The molecule has 0 spiro atoms. The van der Waals surface area contributed by atoms with E-state index in [2.05, 4.69) is 5.32 Å². The third-order valence-electron chi connectivity index (χ3n) is 1.62. The molecule has 5 heteroatoms. The maximum absolute atomic E-state index is 13.4. The largest absolute Gasteiger partial charge is 0.397 e. The molecule has 0 aliphatic rings. The summed E-state index contributed by atoms with van der Waals surface area (Å²) in [5, 5.41) is 2.68. The molecular formula is C8H11ClFN3. The second-order valence-electron chi connectivity index (χ2n) is 2.59. The smallest absolute Gasteiger partial charge is 0.169 e. The van der Waals surface area contributed by atoms with Crippen LogP contribution in [0.1, 0.15) is 6.92 Å². The van der Waals surface area contributed by atoms with E-state index in [-0.39, 0.29) is 22.1 Å². The Kier molecular flexibility index (Phi) is 2.83. The zero-order valence-electron chi connectivity index (χ0n) is 7.20.